The zero-order valence-corrected chi connectivity index (χ0v) is 14.0. The van der Waals surface area contributed by atoms with Crippen molar-refractivity contribution in [1.82, 2.24) is 20.1 Å². The molecule has 0 saturated carbocycles. The van der Waals surface area contributed by atoms with Crippen LogP contribution >= 0.6 is 23.1 Å². The van der Waals surface area contributed by atoms with E-state index in [2.05, 4.69) is 34.0 Å². The van der Waals surface area contributed by atoms with Gasteiger partial charge < -0.3 is 4.52 Å². The second kappa shape index (κ2) is 5.73. The number of nitrogens with zero attached hydrogens (tertiary/aromatic N) is 4. The van der Waals surface area contributed by atoms with Crippen molar-refractivity contribution in [3.05, 3.63) is 28.5 Å². The van der Waals surface area contributed by atoms with Gasteiger partial charge in [-0.1, -0.05) is 30.8 Å². The molecule has 3 heterocycles. The van der Waals surface area contributed by atoms with Crippen LogP contribution in [0.2, 0.25) is 0 Å². The molecule has 0 saturated heterocycles. The highest BCUT2D eigenvalue weighted by Crippen LogP contribution is 2.35. The van der Waals surface area contributed by atoms with Gasteiger partial charge in [0.05, 0.1) is 5.75 Å². The average molecular weight is 320 g/mol. The molecule has 0 atom stereocenters. The van der Waals surface area contributed by atoms with Crippen LogP contribution in [-0.4, -0.2) is 20.1 Å². The molecule has 3 rings (SSSR count). The summed E-state index contributed by atoms with van der Waals surface area (Å²) >= 11 is 3.33. The molecule has 0 aliphatic carbocycles. The first-order valence-corrected chi connectivity index (χ1v) is 8.52. The Hall–Kier alpha value is -1.47. The van der Waals surface area contributed by atoms with Crippen LogP contribution < -0.4 is 0 Å². The van der Waals surface area contributed by atoms with Gasteiger partial charge in [0.25, 0.3) is 0 Å². The monoisotopic (exact) mass is 320 g/mol. The molecule has 0 unspecified atom stereocenters. The van der Waals surface area contributed by atoms with E-state index in [1.807, 2.05) is 13.8 Å². The number of aryl methyl sites for hydroxylation is 2. The molecule has 0 bridgehead atoms. The number of thioether (sulfide) groups is 1. The maximum Gasteiger partial charge on any atom is 0.229 e. The molecule has 0 amide bonds. The summed E-state index contributed by atoms with van der Waals surface area (Å²) in [5.74, 6) is 2.29. The molecule has 0 fully saturated rings. The van der Waals surface area contributed by atoms with E-state index < -0.39 is 0 Å². The largest absolute Gasteiger partial charge is 0.339 e. The fraction of sp³-hybridized carbons (Fsp3) is 0.429. The van der Waals surface area contributed by atoms with E-state index in [1.54, 1.807) is 29.4 Å². The molecule has 0 aromatic carbocycles. The minimum absolute atomic E-state index is 0.253. The smallest absolute Gasteiger partial charge is 0.229 e. The highest BCUT2D eigenvalue weighted by molar-refractivity contribution is 7.98. The molecule has 0 aliphatic heterocycles. The summed E-state index contributed by atoms with van der Waals surface area (Å²) < 4.78 is 5.22. The van der Waals surface area contributed by atoms with E-state index in [4.69, 9.17) is 4.52 Å². The zero-order chi connectivity index (χ0) is 15.0. The van der Waals surface area contributed by atoms with Gasteiger partial charge in [-0.25, -0.2) is 9.97 Å². The molecule has 21 heavy (non-hydrogen) atoms. The molecular weight excluding hydrogens is 304 g/mol. The Bertz CT molecular complexity index is 778. The Balaban J connectivity index is 1.84. The van der Waals surface area contributed by atoms with Crippen molar-refractivity contribution in [2.75, 3.05) is 0 Å². The number of hydrogen-bond acceptors (Lipinski definition) is 7. The van der Waals surface area contributed by atoms with Crippen LogP contribution in [-0.2, 0) is 5.75 Å². The van der Waals surface area contributed by atoms with Gasteiger partial charge in [-0.3, -0.25) is 0 Å². The van der Waals surface area contributed by atoms with Crippen molar-refractivity contribution in [2.24, 2.45) is 0 Å². The lowest BCUT2D eigenvalue weighted by atomic mass is 10.2. The SMILES string of the molecule is Cc1sc2ncnc(SCc3noc(C(C)C)n3)c2c1C. The van der Waals surface area contributed by atoms with Crippen LogP contribution in [0.25, 0.3) is 10.2 Å². The molecule has 0 radical (unpaired) electrons. The minimum Gasteiger partial charge on any atom is -0.339 e. The predicted molar refractivity (Wildman–Crippen MR) is 84.8 cm³/mol. The fourth-order valence-corrected chi connectivity index (χ4v) is 3.91. The molecule has 3 aromatic rings. The van der Waals surface area contributed by atoms with E-state index in [0.717, 1.165) is 15.2 Å². The third-order valence-electron chi connectivity index (χ3n) is 3.25. The Morgan fingerprint density at radius 1 is 1.29 bits per heavy atom. The van der Waals surface area contributed by atoms with Gasteiger partial charge in [-0.05, 0) is 19.4 Å². The number of thiophene rings is 1. The maximum absolute atomic E-state index is 5.22. The minimum atomic E-state index is 0.253. The van der Waals surface area contributed by atoms with E-state index >= 15 is 0 Å². The Labute approximate surface area is 131 Å². The lowest BCUT2D eigenvalue weighted by molar-refractivity contribution is 0.362. The van der Waals surface area contributed by atoms with Crippen molar-refractivity contribution < 1.29 is 4.52 Å². The lowest BCUT2D eigenvalue weighted by Gasteiger charge is -2.00. The van der Waals surface area contributed by atoms with Crippen molar-refractivity contribution in [3.63, 3.8) is 0 Å². The normalized spacial score (nSPS) is 11.7. The van der Waals surface area contributed by atoms with Gasteiger partial charge in [0.1, 0.15) is 16.2 Å². The van der Waals surface area contributed by atoms with Gasteiger partial charge in [-0.2, -0.15) is 4.98 Å². The summed E-state index contributed by atoms with van der Waals surface area (Å²) in [5.41, 5.74) is 1.26. The van der Waals surface area contributed by atoms with Gasteiger partial charge >= 0.3 is 0 Å². The first-order chi connectivity index (χ1) is 10.1. The molecule has 3 aromatic heterocycles. The van der Waals surface area contributed by atoms with Crippen LogP contribution in [0.4, 0.5) is 0 Å². The quantitative estimate of drug-likeness (QED) is 0.532. The van der Waals surface area contributed by atoms with Crippen molar-refractivity contribution >= 4 is 33.3 Å². The van der Waals surface area contributed by atoms with E-state index in [0.29, 0.717) is 17.5 Å². The Morgan fingerprint density at radius 3 is 2.81 bits per heavy atom. The second-order valence-electron chi connectivity index (χ2n) is 5.13. The fourth-order valence-electron chi connectivity index (χ4n) is 1.95. The first kappa shape index (κ1) is 14.5. The van der Waals surface area contributed by atoms with Gasteiger partial charge in [0, 0.05) is 16.2 Å². The summed E-state index contributed by atoms with van der Waals surface area (Å²) in [4.78, 5) is 15.5. The molecule has 0 spiro atoms. The van der Waals surface area contributed by atoms with Crippen molar-refractivity contribution in [1.29, 1.82) is 0 Å². The van der Waals surface area contributed by atoms with Gasteiger partial charge in [0.2, 0.25) is 5.89 Å². The van der Waals surface area contributed by atoms with Crippen LogP contribution in [0.1, 0.15) is 41.9 Å². The third kappa shape index (κ3) is 2.80. The van der Waals surface area contributed by atoms with Gasteiger partial charge in [0.15, 0.2) is 5.82 Å². The molecule has 110 valence electrons. The van der Waals surface area contributed by atoms with E-state index in [9.17, 15) is 0 Å². The van der Waals surface area contributed by atoms with Crippen LogP contribution in [0.5, 0.6) is 0 Å². The summed E-state index contributed by atoms with van der Waals surface area (Å²) in [6.07, 6.45) is 1.62. The summed E-state index contributed by atoms with van der Waals surface area (Å²) in [6, 6.07) is 0. The highest BCUT2D eigenvalue weighted by atomic mass is 32.2. The molecule has 0 N–H and O–H groups in total. The van der Waals surface area contributed by atoms with Crippen LogP contribution in [0, 0.1) is 13.8 Å². The van der Waals surface area contributed by atoms with Crippen LogP contribution in [0.15, 0.2) is 15.9 Å². The summed E-state index contributed by atoms with van der Waals surface area (Å²) in [5, 5.41) is 6.15. The number of aromatic nitrogens is 4. The zero-order valence-electron chi connectivity index (χ0n) is 12.4. The highest BCUT2D eigenvalue weighted by Gasteiger charge is 2.14. The second-order valence-corrected chi connectivity index (χ2v) is 7.30. The standard InChI is InChI=1S/C14H16N4OS2/c1-7(2)12-17-10(18-19-12)5-20-13-11-8(3)9(4)21-14(11)16-6-15-13/h6-7H,5H2,1-4H3. The number of fused-ring (bicyclic) bond motifs is 1. The number of hydrogen-bond donors (Lipinski definition) is 0. The van der Waals surface area contributed by atoms with E-state index in [-0.39, 0.29) is 5.92 Å². The average Bonchev–Trinajstić information content (AvgIpc) is 3.03. The van der Waals surface area contributed by atoms with Crippen molar-refractivity contribution in [2.45, 2.75) is 44.4 Å². The Morgan fingerprint density at radius 2 is 2.10 bits per heavy atom. The molecular formula is C14H16N4OS2. The van der Waals surface area contributed by atoms with Crippen LogP contribution in [0.3, 0.4) is 0 Å². The third-order valence-corrected chi connectivity index (χ3v) is 5.35. The molecule has 5 nitrogen and oxygen atoms in total. The maximum atomic E-state index is 5.22. The first-order valence-electron chi connectivity index (χ1n) is 6.72. The Kier molecular flexibility index (Phi) is 3.95. The van der Waals surface area contributed by atoms with Gasteiger partial charge in [-0.15, -0.1) is 11.3 Å². The predicted octanol–water partition coefficient (Wildman–Crippen LogP) is 4.11. The summed E-state index contributed by atoms with van der Waals surface area (Å²) in [6.45, 7) is 8.31. The van der Waals surface area contributed by atoms with E-state index in [1.165, 1.54) is 10.4 Å². The topological polar surface area (TPSA) is 64.7 Å². The number of rotatable bonds is 4. The summed E-state index contributed by atoms with van der Waals surface area (Å²) in [7, 11) is 0. The molecule has 0 aliphatic rings. The lowest BCUT2D eigenvalue weighted by Crippen LogP contribution is -1.90. The molecule has 7 heteroatoms. The van der Waals surface area contributed by atoms with Crippen molar-refractivity contribution in [3.8, 4) is 0 Å².